The van der Waals surface area contributed by atoms with Gasteiger partial charge in [-0.15, -0.1) is 10.2 Å². The molecule has 0 aliphatic carbocycles. The summed E-state index contributed by atoms with van der Waals surface area (Å²) in [5.74, 6) is 2.02. The molecule has 0 aromatic carbocycles. The van der Waals surface area contributed by atoms with Crippen molar-refractivity contribution in [3.63, 3.8) is 0 Å². The maximum absolute atomic E-state index is 5.90. The van der Waals surface area contributed by atoms with E-state index in [2.05, 4.69) is 48.7 Å². The number of rotatable bonds is 9. The molecule has 3 atom stereocenters. The van der Waals surface area contributed by atoms with Gasteiger partial charge in [0.05, 0.1) is 25.6 Å². The summed E-state index contributed by atoms with van der Waals surface area (Å²) in [6.45, 7) is 6.85. The lowest BCUT2D eigenvalue weighted by Crippen LogP contribution is -2.15. The second-order valence-electron chi connectivity index (χ2n) is 7.76. The van der Waals surface area contributed by atoms with E-state index < -0.39 is 0 Å². The third-order valence-electron chi connectivity index (χ3n) is 5.58. The molecule has 0 amide bonds. The van der Waals surface area contributed by atoms with E-state index in [-0.39, 0.29) is 17.3 Å². The number of nitrogens with one attached hydrogen (secondary N) is 1. The topological polar surface area (TPSA) is 122 Å². The molecule has 1 aliphatic rings. The van der Waals surface area contributed by atoms with Crippen LogP contribution in [0.25, 0.3) is 5.69 Å². The summed E-state index contributed by atoms with van der Waals surface area (Å²) in [5.41, 5.74) is 2.35. The van der Waals surface area contributed by atoms with Crippen molar-refractivity contribution < 1.29 is 14.2 Å². The first-order chi connectivity index (χ1) is 16.0. The van der Waals surface area contributed by atoms with Gasteiger partial charge in [0.2, 0.25) is 17.7 Å². The van der Waals surface area contributed by atoms with Crippen LogP contribution in [0.2, 0.25) is 0 Å². The second-order valence-corrected chi connectivity index (χ2v) is 8.94. The first-order valence-corrected chi connectivity index (χ1v) is 11.6. The smallest absolute Gasteiger partial charge is 0.245 e. The van der Waals surface area contributed by atoms with Crippen LogP contribution in [0.5, 0.6) is 11.8 Å². The first-order valence-electron chi connectivity index (χ1n) is 10.7. The number of aromatic nitrogens is 7. The molecule has 3 aromatic heterocycles. The maximum atomic E-state index is 5.90. The minimum absolute atomic E-state index is 0.161. The fourth-order valence-electron chi connectivity index (χ4n) is 3.54. The lowest BCUT2D eigenvalue weighted by molar-refractivity contribution is 0.103. The monoisotopic (exact) mass is 472 g/mol. The van der Waals surface area contributed by atoms with Crippen LogP contribution in [-0.4, -0.2) is 60.8 Å². The number of anilines is 1. The maximum Gasteiger partial charge on any atom is 0.245 e. The molecule has 1 N–H and O–H groups in total. The van der Waals surface area contributed by atoms with Crippen molar-refractivity contribution in [2.45, 2.75) is 50.9 Å². The van der Waals surface area contributed by atoms with E-state index in [9.17, 15) is 0 Å². The molecule has 0 bridgehead atoms. The fourth-order valence-corrected chi connectivity index (χ4v) is 4.30. The Morgan fingerprint density at radius 2 is 1.85 bits per heavy atom. The quantitative estimate of drug-likeness (QED) is 0.462. The summed E-state index contributed by atoms with van der Waals surface area (Å²) in [7, 11) is 3.10. The molecule has 1 fully saturated rings. The van der Waals surface area contributed by atoms with E-state index in [1.54, 1.807) is 20.4 Å². The number of hydrogen-bond acceptors (Lipinski definition) is 11. The summed E-state index contributed by atoms with van der Waals surface area (Å²) in [5, 5.41) is 9.01. The molecule has 3 aromatic rings. The van der Waals surface area contributed by atoms with Crippen LogP contribution < -0.4 is 14.2 Å². The van der Waals surface area contributed by atoms with Crippen molar-refractivity contribution in [2.24, 2.45) is 0 Å². The zero-order chi connectivity index (χ0) is 23.4. The zero-order valence-corrected chi connectivity index (χ0v) is 20.2. The van der Waals surface area contributed by atoms with Gasteiger partial charge in [-0.2, -0.15) is 9.97 Å². The molecule has 0 saturated carbocycles. The fraction of sp³-hybridized carbons (Fsp3) is 0.524. The molecule has 176 valence electrons. The van der Waals surface area contributed by atoms with E-state index in [4.69, 9.17) is 14.2 Å². The van der Waals surface area contributed by atoms with Gasteiger partial charge in [-0.25, -0.2) is 0 Å². The Morgan fingerprint density at radius 1 is 1.09 bits per heavy atom. The van der Waals surface area contributed by atoms with E-state index in [1.165, 1.54) is 18.3 Å². The predicted molar refractivity (Wildman–Crippen MR) is 124 cm³/mol. The van der Waals surface area contributed by atoms with E-state index in [0.29, 0.717) is 35.8 Å². The van der Waals surface area contributed by atoms with Crippen molar-refractivity contribution in [3.05, 3.63) is 35.9 Å². The third kappa shape index (κ3) is 4.86. The summed E-state index contributed by atoms with van der Waals surface area (Å²) in [6.07, 6.45) is 6.63. The van der Waals surface area contributed by atoms with Crippen LogP contribution in [-0.2, 0) is 4.74 Å². The Bertz CT molecular complexity index is 1050. The van der Waals surface area contributed by atoms with Gasteiger partial charge in [0.1, 0.15) is 12.4 Å². The summed E-state index contributed by atoms with van der Waals surface area (Å²) in [4.78, 5) is 17.4. The van der Waals surface area contributed by atoms with Crippen LogP contribution in [0.1, 0.15) is 55.9 Å². The second kappa shape index (κ2) is 10.3. The van der Waals surface area contributed by atoms with E-state index >= 15 is 0 Å². The van der Waals surface area contributed by atoms with Crippen molar-refractivity contribution >= 4 is 17.9 Å². The molecule has 3 unspecified atom stereocenters. The van der Waals surface area contributed by atoms with Gasteiger partial charge in [-0.3, -0.25) is 19.3 Å². The van der Waals surface area contributed by atoms with Crippen molar-refractivity contribution in [1.29, 1.82) is 0 Å². The van der Waals surface area contributed by atoms with Crippen LogP contribution in [0.4, 0.5) is 5.95 Å². The molecule has 0 spiro atoms. The van der Waals surface area contributed by atoms with Gasteiger partial charge < -0.3 is 14.2 Å². The Balaban J connectivity index is 1.65. The van der Waals surface area contributed by atoms with Crippen LogP contribution in [0, 0.1) is 6.92 Å². The first kappa shape index (κ1) is 23.2. The van der Waals surface area contributed by atoms with Gasteiger partial charge in [-0.1, -0.05) is 13.8 Å². The standard InChI is InChI=1S/C21H28N8O3S/c1-12-9-23-15(10-22-12)13(2)14(3)33-28-21-27-26-18(16-7-6-8-32-16)29(21)17-19(30-4)24-11-25-20(17)31-5/h9-11,13-14,16H,6-8H2,1-5H3,(H,27,28). The molecule has 11 nitrogen and oxygen atoms in total. The number of ether oxygens (including phenoxy) is 3. The molecule has 4 heterocycles. The van der Waals surface area contributed by atoms with Crippen LogP contribution in [0.15, 0.2) is 18.7 Å². The minimum Gasteiger partial charge on any atom is -0.479 e. The summed E-state index contributed by atoms with van der Waals surface area (Å²) < 4.78 is 22.1. The van der Waals surface area contributed by atoms with Gasteiger partial charge in [0, 0.05) is 30.2 Å². The number of aryl methyl sites for hydroxylation is 1. The Hall–Kier alpha value is -2.99. The molecule has 4 rings (SSSR count). The SMILES string of the molecule is COc1ncnc(OC)c1-n1c(NSC(C)C(C)c2cnc(C)cn2)nnc1C1CCCO1. The Kier molecular flexibility index (Phi) is 7.23. The van der Waals surface area contributed by atoms with Crippen LogP contribution >= 0.6 is 11.9 Å². The molecule has 1 aliphatic heterocycles. The highest BCUT2D eigenvalue weighted by Gasteiger charge is 2.30. The van der Waals surface area contributed by atoms with Crippen molar-refractivity contribution in [1.82, 2.24) is 34.7 Å². The average Bonchev–Trinajstić information content (AvgIpc) is 3.51. The molecule has 1 saturated heterocycles. The molecule has 0 radical (unpaired) electrons. The Labute approximate surface area is 196 Å². The molecular weight excluding hydrogens is 444 g/mol. The van der Waals surface area contributed by atoms with Crippen molar-refractivity contribution in [2.75, 3.05) is 25.5 Å². The van der Waals surface area contributed by atoms with Crippen molar-refractivity contribution in [3.8, 4) is 17.4 Å². The van der Waals surface area contributed by atoms with Gasteiger partial charge in [-0.05, 0) is 31.7 Å². The largest absolute Gasteiger partial charge is 0.479 e. The third-order valence-corrected chi connectivity index (χ3v) is 6.66. The average molecular weight is 473 g/mol. The molecule has 33 heavy (non-hydrogen) atoms. The number of methoxy groups -OCH3 is 2. The Morgan fingerprint density at radius 3 is 2.45 bits per heavy atom. The van der Waals surface area contributed by atoms with Gasteiger partial charge >= 0.3 is 0 Å². The van der Waals surface area contributed by atoms with E-state index in [0.717, 1.165) is 24.2 Å². The van der Waals surface area contributed by atoms with E-state index in [1.807, 2.05) is 17.7 Å². The van der Waals surface area contributed by atoms with Gasteiger partial charge in [0.15, 0.2) is 11.5 Å². The highest BCUT2D eigenvalue weighted by Crippen LogP contribution is 2.37. The minimum atomic E-state index is -0.188. The lowest BCUT2D eigenvalue weighted by Gasteiger charge is -2.20. The summed E-state index contributed by atoms with van der Waals surface area (Å²) in [6, 6.07) is 0. The zero-order valence-electron chi connectivity index (χ0n) is 19.3. The summed E-state index contributed by atoms with van der Waals surface area (Å²) >= 11 is 1.52. The molecule has 12 heteroatoms. The molecular formula is C21H28N8O3S. The lowest BCUT2D eigenvalue weighted by atomic mass is 10.1. The number of nitrogens with zero attached hydrogens (tertiary/aromatic N) is 7. The van der Waals surface area contributed by atoms with Crippen LogP contribution in [0.3, 0.4) is 0 Å². The highest BCUT2D eigenvalue weighted by atomic mass is 32.2. The normalized spacial score (nSPS) is 17.5. The predicted octanol–water partition coefficient (Wildman–Crippen LogP) is 3.28. The number of hydrogen-bond donors (Lipinski definition) is 1. The highest BCUT2D eigenvalue weighted by molar-refractivity contribution is 8.01. The van der Waals surface area contributed by atoms with Gasteiger partial charge in [0.25, 0.3) is 0 Å².